The van der Waals surface area contributed by atoms with E-state index in [1.165, 1.54) is 25.3 Å². The molecule has 0 radical (unpaired) electrons. The van der Waals surface area contributed by atoms with E-state index in [4.69, 9.17) is 9.15 Å². The molecule has 1 aliphatic heterocycles. The van der Waals surface area contributed by atoms with Crippen molar-refractivity contribution in [3.05, 3.63) is 82.8 Å². The largest absolute Gasteiger partial charge is 0.573 e. The van der Waals surface area contributed by atoms with Crippen LogP contribution in [0, 0.1) is 6.92 Å². The van der Waals surface area contributed by atoms with Gasteiger partial charge in [-0.25, -0.2) is 0 Å². The number of ketones is 1. The molecule has 38 heavy (non-hydrogen) atoms. The van der Waals surface area contributed by atoms with Crippen LogP contribution in [0.1, 0.15) is 49.5 Å². The fourth-order valence-electron chi connectivity index (χ4n) is 4.40. The van der Waals surface area contributed by atoms with Gasteiger partial charge in [0.1, 0.15) is 34.8 Å². The number of hydrogen-bond donors (Lipinski definition) is 1. The van der Waals surface area contributed by atoms with Crippen molar-refractivity contribution in [1.29, 1.82) is 0 Å². The Hall–Kier alpha value is -4.21. The molecule has 3 aromatic rings. The Morgan fingerprint density at radius 3 is 2.32 bits per heavy atom. The monoisotopic (exact) mass is 529 g/mol. The van der Waals surface area contributed by atoms with E-state index in [9.17, 15) is 27.9 Å². The van der Waals surface area contributed by atoms with E-state index in [1.54, 1.807) is 31.2 Å². The quantitative estimate of drug-likeness (QED) is 0.233. The van der Waals surface area contributed by atoms with Crippen LogP contribution in [0.2, 0.25) is 0 Å². The predicted molar refractivity (Wildman–Crippen MR) is 133 cm³/mol. The van der Waals surface area contributed by atoms with Gasteiger partial charge in [-0.3, -0.25) is 14.5 Å². The van der Waals surface area contributed by atoms with E-state index in [-0.39, 0.29) is 28.0 Å². The fraction of sp³-hybridized carbons (Fsp3) is 0.286. The Morgan fingerprint density at radius 2 is 1.74 bits per heavy atom. The maximum absolute atomic E-state index is 13.3. The van der Waals surface area contributed by atoms with Gasteiger partial charge in [-0.15, -0.1) is 13.2 Å². The summed E-state index contributed by atoms with van der Waals surface area (Å²) >= 11 is 0. The minimum Gasteiger partial charge on any atom is -0.507 e. The summed E-state index contributed by atoms with van der Waals surface area (Å²) in [6.45, 7) is 7.52. The van der Waals surface area contributed by atoms with Crippen molar-refractivity contribution in [2.24, 2.45) is 0 Å². The summed E-state index contributed by atoms with van der Waals surface area (Å²) in [4.78, 5) is 27.6. The van der Waals surface area contributed by atoms with Gasteiger partial charge in [0.25, 0.3) is 11.7 Å². The molecule has 0 aliphatic carbocycles. The number of hydrogen-bond acceptors (Lipinski definition) is 6. The number of aliphatic hydroxyl groups is 1. The van der Waals surface area contributed by atoms with Gasteiger partial charge in [-0.1, -0.05) is 26.8 Å². The average molecular weight is 530 g/mol. The lowest BCUT2D eigenvalue weighted by molar-refractivity contribution is -0.274. The van der Waals surface area contributed by atoms with Crippen LogP contribution in [0.3, 0.4) is 0 Å². The molecule has 1 saturated heterocycles. The van der Waals surface area contributed by atoms with Crippen molar-refractivity contribution in [2.75, 3.05) is 12.0 Å². The molecule has 1 atom stereocenters. The predicted octanol–water partition coefficient (Wildman–Crippen LogP) is 6.42. The third-order valence-corrected chi connectivity index (χ3v) is 6.09. The molecular formula is C28H26F3NO6. The van der Waals surface area contributed by atoms with E-state index in [2.05, 4.69) is 4.74 Å². The maximum atomic E-state index is 13.3. The number of nitrogens with zero attached hydrogens (tertiary/aromatic N) is 1. The summed E-state index contributed by atoms with van der Waals surface area (Å²) in [5.74, 6) is -1.89. The number of carbonyl (C=O) groups is 2. The molecule has 1 N–H and O–H groups in total. The van der Waals surface area contributed by atoms with E-state index >= 15 is 0 Å². The van der Waals surface area contributed by atoms with E-state index in [0.717, 1.165) is 22.6 Å². The molecule has 1 unspecified atom stereocenters. The smallest absolute Gasteiger partial charge is 0.507 e. The van der Waals surface area contributed by atoms with Crippen LogP contribution >= 0.6 is 0 Å². The third kappa shape index (κ3) is 5.11. The Bertz CT molecular complexity index is 1430. The zero-order valence-corrected chi connectivity index (χ0v) is 21.3. The fourth-order valence-corrected chi connectivity index (χ4v) is 4.40. The molecule has 2 heterocycles. The first-order chi connectivity index (χ1) is 17.7. The lowest BCUT2D eigenvalue weighted by Crippen LogP contribution is -2.29. The number of anilines is 1. The van der Waals surface area contributed by atoms with Crippen molar-refractivity contribution < 1.29 is 41.8 Å². The molecule has 7 nitrogen and oxygen atoms in total. The highest BCUT2D eigenvalue weighted by atomic mass is 19.4. The Balaban J connectivity index is 1.91. The molecule has 1 aromatic heterocycles. The number of Topliss-reactive ketones (excluding diaryl/α,β-unsaturated/α-hetero) is 1. The molecule has 1 amide bonds. The van der Waals surface area contributed by atoms with Gasteiger partial charge in [0.15, 0.2) is 0 Å². The van der Waals surface area contributed by atoms with E-state index < -0.39 is 35.6 Å². The minimum atomic E-state index is -4.95. The Labute approximate surface area is 217 Å². The number of rotatable bonds is 5. The van der Waals surface area contributed by atoms with Crippen LogP contribution in [-0.4, -0.2) is 30.3 Å². The molecule has 10 heteroatoms. The van der Waals surface area contributed by atoms with Crippen LogP contribution < -0.4 is 14.4 Å². The standard InChI is InChI=1S/C28H26F3NO6/c1-15-9-11-21(37-15)23-22(24(33)16-10-12-20(36-5)19(13-16)27(2,3)4)25(34)26(35)32(23)17-7-6-8-18(14-17)38-28(29,30)31/h6-14,23,33H,1-5H3/b24-22-. The topological polar surface area (TPSA) is 89.2 Å². The number of alkyl halides is 3. The van der Waals surface area contributed by atoms with Crippen molar-refractivity contribution in [1.82, 2.24) is 0 Å². The second kappa shape index (κ2) is 9.59. The molecule has 0 bridgehead atoms. The maximum Gasteiger partial charge on any atom is 0.573 e. The summed E-state index contributed by atoms with van der Waals surface area (Å²) in [5, 5.41) is 11.4. The van der Waals surface area contributed by atoms with E-state index in [1.807, 2.05) is 20.8 Å². The van der Waals surface area contributed by atoms with Crippen LogP contribution in [-0.2, 0) is 15.0 Å². The zero-order chi connectivity index (χ0) is 28.0. The molecule has 200 valence electrons. The number of benzene rings is 2. The van der Waals surface area contributed by atoms with Gasteiger partial charge in [0.05, 0.1) is 12.7 Å². The molecular weight excluding hydrogens is 503 g/mol. The number of ether oxygens (including phenoxy) is 2. The lowest BCUT2D eigenvalue weighted by atomic mass is 9.84. The average Bonchev–Trinajstić information content (AvgIpc) is 3.37. The number of furan rings is 1. The van der Waals surface area contributed by atoms with Gasteiger partial charge in [-0.05, 0) is 54.8 Å². The Morgan fingerprint density at radius 1 is 1.03 bits per heavy atom. The number of aliphatic hydroxyl groups excluding tert-OH is 1. The summed E-state index contributed by atoms with van der Waals surface area (Å²) in [7, 11) is 1.52. The highest BCUT2D eigenvalue weighted by Gasteiger charge is 2.48. The first-order valence-electron chi connectivity index (χ1n) is 11.6. The summed E-state index contributed by atoms with van der Waals surface area (Å²) in [6.07, 6.45) is -4.95. The number of methoxy groups -OCH3 is 1. The zero-order valence-electron chi connectivity index (χ0n) is 21.3. The highest BCUT2D eigenvalue weighted by Crippen LogP contribution is 2.44. The number of amides is 1. The number of aryl methyl sites for hydroxylation is 1. The first kappa shape index (κ1) is 26.8. The van der Waals surface area contributed by atoms with Gasteiger partial charge < -0.3 is 19.0 Å². The minimum absolute atomic E-state index is 0.0444. The first-order valence-corrected chi connectivity index (χ1v) is 11.6. The highest BCUT2D eigenvalue weighted by molar-refractivity contribution is 6.51. The second-order valence-corrected chi connectivity index (χ2v) is 9.83. The molecule has 2 aromatic carbocycles. The van der Waals surface area contributed by atoms with Gasteiger partial charge in [-0.2, -0.15) is 0 Å². The Kier molecular flexibility index (Phi) is 6.77. The van der Waals surface area contributed by atoms with Gasteiger partial charge in [0.2, 0.25) is 0 Å². The second-order valence-electron chi connectivity index (χ2n) is 9.83. The summed E-state index contributed by atoms with van der Waals surface area (Å²) < 4.78 is 53.7. The molecule has 4 rings (SSSR count). The van der Waals surface area contributed by atoms with Crippen molar-refractivity contribution >= 4 is 23.1 Å². The van der Waals surface area contributed by atoms with Crippen LogP contribution in [0.25, 0.3) is 5.76 Å². The van der Waals surface area contributed by atoms with Gasteiger partial charge >= 0.3 is 6.36 Å². The van der Waals surface area contributed by atoms with Crippen molar-refractivity contribution in [3.8, 4) is 11.5 Å². The lowest BCUT2D eigenvalue weighted by Gasteiger charge is -2.25. The van der Waals surface area contributed by atoms with Crippen LogP contribution in [0.4, 0.5) is 18.9 Å². The third-order valence-electron chi connectivity index (χ3n) is 6.09. The van der Waals surface area contributed by atoms with Crippen LogP contribution in [0.15, 0.2) is 64.6 Å². The van der Waals surface area contributed by atoms with E-state index in [0.29, 0.717) is 11.5 Å². The SMILES string of the molecule is COc1ccc(/C(O)=C2/C(=O)C(=O)N(c3cccc(OC(F)(F)F)c3)C2c2ccc(C)o2)cc1C(C)(C)C. The molecule has 1 aliphatic rings. The molecule has 0 saturated carbocycles. The normalized spacial score (nSPS) is 17.7. The molecule has 1 fully saturated rings. The number of halogens is 3. The van der Waals surface area contributed by atoms with Crippen molar-refractivity contribution in [3.63, 3.8) is 0 Å². The van der Waals surface area contributed by atoms with Crippen LogP contribution in [0.5, 0.6) is 11.5 Å². The van der Waals surface area contributed by atoms with Gasteiger partial charge in [0, 0.05) is 22.9 Å². The van der Waals surface area contributed by atoms with Crippen molar-refractivity contribution in [2.45, 2.75) is 45.5 Å². The number of carbonyl (C=O) groups excluding carboxylic acids is 2. The molecule has 0 spiro atoms. The summed E-state index contributed by atoms with van der Waals surface area (Å²) in [5.41, 5.74) is 0.315. The summed E-state index contributed by atoms with van der Waals surface area (Å²) in [6, 6.07) is 11.5.